The molecule has 3 heteroatoms. The fourth-order valence-electron chi connectivity index (χ4n) is 2.09. The van der Waals surface area contributed by atoms with E-state index >= 15 is 0 Å². The summed E-state index contributed by atoms with van der Waals surface area (Å²) in [6, 6.07) is 18.1. The summed E-state index contributed by atoms with van der Waals surface area (Å²) in [5.74, 6) is 0. The number of benzene rings is 2. The summed E-state index contributed by atoms with van der Waals surface area (Å²) in [4.78, 5) is 0. The van der Waals surface area contributed by atoms with Gasteiger partial charge in [-0.15, -0.1) is 0 Å². The van der Waals surface area contributed by atoms with Gasteiger partial charge in [0.2, 0.25) is 0 Å². The minimum atomic E-state index is 0.289. The normalized spacial score (nSPS) is 17.8. The highest BCUT2D eigenvalue weighted by Crippen LogP contribution is 2.20. The second-order valence-electron chi connectivity index (χ2n) is 5.06. The molecule has 0 radical (unpaired) electrons. The van der Waals surface area contributed by atoms with Crippen LogP contribution in [0.5, 0.6) is 0 Å². The third kappa shape index (κ3) is 4.43. The molecule has 108 valence electrons. The number of halogens is 1. The van der Waals surface area contributed by atoms with Crippen molar-refractivity contribution in [2.24, 2.45) is 0 Å². The van der Waals surface area contributed by atoms with E-state index in [2.05, 4.69) is 18.2 Å². The standard InChI is InChI=1S/C18H17ClO2/c19-17-8-6-14(7-9-17)10-16(11-20-12-18-13-21-18)15-4-2-1-3-5-15/h1-10,18H,11-13H2. The van der Waals surface area contributed by atoms with E-state index in [0.717, 1.165) is 22.8 Å². The van der Waals surface area contributed by atoms with Crippen LogP contribution in [0.3, 0.4) is 0 Å². The van der Waals surface area contributed by atoms with Crippen LogP contribution in [0.15, 0.2) is 54.6 Å². The highest BCUT2D eigenvalue weighted by molar-refractivity contribution is 6.30. The van der Waals surface area contributed by atoms with Crippen molar-refractivity contribution in [1.29, 1.82) is 0 Å². The van der Waals surface area contributed by atoms with E-state index in [1.165, 1.54) is 5.56 Å². The lowest BCUT2D eigenvalue weighted by Gasteiger charge is -2.09. The Hall–Kier alpha value is -1.61. The Kier molecular flexibility index (Phi) is 4.71. The molecule has 2 aromatic carbocycles. The molecule has 0 spiro atoms. The first kappa shape index (κ1) is 14.3. The molecular weight excluding hydrogens is 284 g/mol. The van der Waals surface area contributed by atoms with Gasteiger partial charge in [0.15, 0.2) is 0 Å². The van der Waals surface area contributed by atoms with Crippen molar-refractivity contribution in [2.45, 2.75) is 6.10 Å². The lowest BCUT2D eigenvalue weighted by atomic mass is 10.0. The first-order valence-corrected chi connectivity index (χ1v) is 7.40. The zero-order chi connectivity index (χ0) is 14.5. The quantitative estimate of drug-likeness (QED) is 0.586. The van der Waals surface area contributed by atoms with Crippen molar-refractivity contribution < 1.29 is 9.47 Å². The van der Waals surface area contributed by atoms with Crippen LogP contribution in [0.1, 0.15) is 11.1 Å². The van der Waals surface area contributed by atoms with Gasteiger partial charge in [0, 0.05) is 5.02 Å². The van der Waals surface area contributed by atoms with Gasteiger partial charge in [0.1, 0.15) is 6.10 Å². The number of hydrogen-bond donors (Lipinski definition) is 0. The highest BCUT2D eigenvalue weighted by Gasteiger charge is 2.22. The summed E-state index contributed by atoms with van der Waals surface area (Å²) in [5.41, 5.74) is 3.44. The maximum atomic E-state index is 5.93. The van der Waals surface area contributed by atoms with Crippen LogP contribution in [-0.4, -0.2) is 25.9 Å². The van der Waals surface area contributed by atoms with Gasteiger partial charge in [-0.2, -0.15) is 0 Å². The van der Waals surface area contributed by atoms with Gasteiger partial charge in [-0.25, -0.2) is 0 Å². The van der Waals surface area contributed by atoms with Crippen LogP contribution in [-0.2, 0) is 9.47 Å². The third-order valence-corrected chi connectivity index (χ3v) is 3.57. The molecule has 3 rings (SSSR count). The summed E-state index contributed by atoms with van der Waals surface area (Å²) in [6.45, 7) is 2.05. The van der Waals surface area contributed by atoms with Crippen molar-refractivity contribution >= 4 is 23.3 Å². The Morgan fingerprint density at radius 3 is 2.52 bits per heavy atom. The maximum Gasteiger partial charge on any atom is 0.104 e. The average molecular weight is 301 g/mol. The zero-order valence-corrected chi connectivity index (χ0v) is 12.4. The van der Waals surface area contributed by atoms with Crippen molar-refractivity contribution in [3.8, 4) is 0 Å². The van der Waals surface area contributed by atoms with Crippen LogP contribution >= 0.6 is 11.6 Å². The van der Waals surface area contributed by atoms with Crippen molar-refractivity contribution in [2.75, 3.05) is 19.8 Å². The summed E-state index contributed by atoms with van der Waals surface area (Å²) in [5, 5.41) is 0.746. The minimum absolute atomic E-state index is 0.289. The fraction of sp³-hybridized carbons (Fsp3) is 0.222. The Labute approximate surface area is 130 Å². The van der Waals surface area contributed by atoms with E-state index in [-0.39, 0.29) is 6.10 Å². The van der Waals surface area contributed by atoms with E-state index in [9.17, 15) is 0 Å². The highest BCUT2D eigenvalue weighted by atomic mass is 35.5. The van der Waals surface area contributed by atoms with Gasteiger partial charge >= 0.3 is 0 Å². The molecule has 2 aromatic rings. The maximum absolute atomic E-state index is 5.93. The van der Waals surface area contributed by atoms with Gasteiger partial charge in [0.05, 0.1) is 19.8 Å². The van der Waals surface area contributed by atoms with E-state index < -0.39 is 0 Å². The smallest absolute Gasteiger partial charge is 0.104 e. The molecule has 21 heavy (non-hydrogen) atoms. The predicted octanol–water partition coefficient (Wildman–Crippen LogP) is 4.30. The number of hydrogen-bond acceptors (Lipinski definition) is 2. The monoisotopic (exact) mass is 300 g/mol. The van der Waals surface area contributed by atoms with Gasteiger partial charge in [0.25, 0.3) is 0 Å². The Morgan fingerprint density at radius 1 is 1.14 bits per heavy atom. The molecular formula is C18H17ClO2. The van der Waals surface area contributed by atoms with Crippen LogP contribution in [0.25, 0.3) is 11.6 Å². The average Bonchev–Trinajstić information content (AvgIpc) is 3.33. The molecule has 0 aliphatic carbocycles. The molecule has 1 heterocycles. The summed E-state index contributed by atoms with van der Waals surface area (Å²) in [7, 11) is 0. The second-order valence-corrected chi connectivity index (χ2v) is 5.49. The zero-order valence-electron chi connectivity index (χ0n) is 11.7. The molecule has 1 unspecified atom stereocenters. The topological polar surface area (TPSA) is 21.8 Å². The van der Waals surface area contributed by atoms with Crippen LogP contribution in [0.4, 0.5) is 0 Å². The molecule has 0 N–H and O–H groups in total. The Balaban J connectivity index is 1.78. The van der Waals surface area contributed by atoms with Gasteiger partial charge in [-0.05, 0) is 34.9 Å². The first-order chi connectivity index (χ1) is 10.3. The summed E-state index contributed by atoms with van der Waals surface area (Å²) >= 11 is 5.93. The molecule has 1 fully saturated rings. The number of ether oxygens (including phenoxy) is 2. The van der Waals surface area contributed by atoms with Crippen LogP contribution in [0.2, 0.25) is 5.02 Å². The first-order valence-electron chi connectivity index (χ1n) is 7.02. The molecule has 1 atom stereocenters. The van der Waals surface area contributed by atoms with E-state index in [0.29, 0.717) is 13.2 Å². The minimum Gasteiger partial charge on any atom is -0.374 e. The third-order valence-electron chi connectivity index (χ3n) is 3.32. The summed E-state index contributed by atoms with van der Waals surface area (Å²) in [6.07, 6.45) is 2.43. The van der Waals surface area contributed by atoms with Crippen LogP contribution < -0.4 is 0 Å². The van der Waals surface area contributed by atoms with Gasteiger partial charge < -0.3 is 9.47 Å². The molecule has 1 aliphatic rings. The molecule has 2 nitrogen and oxygen atoms in total. The largest absolute Gasteiger partial charge is 0.374 e. The van der Waals surface area contributed by atoms with E-state index in [1.54, 1.807) is 0 Å². The molecule has 0 bridgehead atoms. The van der Waals surface area contributed by atoms with Crippen LogP contribution in [0, 0.1) is 0 Å². The number of epoxide rings is 1. The number of rotatable bonds is 6. The van der Waals surface area contributed by atoms with Gasteiger partial charge in [-0.3, -0.25) is 0 Å². The predicted molar refractivity (Wildman–Crippen MR) is 86.3 cm³/mol. The van der Waals surface area contributed by atoms with Crippen molar-refractivity contribution in [3.05, 3.63) is 70.7 Å². The van der Waals surface area contributed by atoms with E-state index in [4.69, 9.17) is 21.1 Å². The summed E-state index contributed by atoms with van der Waals surface area (Å²) < 4.78 is 10.9. The van der Waals surface area contributed by atoms with E-state index in [1.807, 2.05) is 42.5 Å². The van der Waals surface area contributed by atoms with Gasteiger partial charge in [-0.1, -0.05) is 54.1 Å². The van der Waals surface area contributed by atoms with Crippen molar-refractivity contribution in [1.82, 2.24) is 0 Å². The lowest BCUT2D eigenvalue weighted by Crippen LogP contribution is -2.04. The molecule has 1 saturated heterocycles. The lowest BCUT2D eigenvalue weighted by molar-refractivity contribution is 0.145. The molecule has 0 saturated carbocycles. The van der Waals surface area contributed by atoms with Crippen molar-refractivity contribution in [3.63, 3.8) is 0 Å². The SMILES string of the molecule is Clc1ccc(C=C(COCC2CO2)c2ccccc2)cc1. The Bertz CT molecular complexity index is 601. The molecule has 1 aliphatic heterocycles. The second kappa shape index (κ2) is 6.90. The fourth-order valence-corrected chi connectivity index (χ4v) is 2.21. The Morgan fingerprint density at radius 2 is 1.86 bits per heavy atom. The molecule has 0 aromatic heterocycles. The molecule has 0 amide bonds.